The summed E-state index contributed by atoms with van der Waals surface area (Å²) in [4.78, 5) is 29.5. The van der Waals surface area contributed by atoms with Crippen LogP contribution >= 0.6 is 0 Å². The van der Waals surface area contributed by atoms with Crippen LogP contribution in [0.15, 0.2) is 60.7 Å². The van der Waals surface area contributed by atoms with Crippen molar-refractivity contribution < 1.29 is 23.8 Å². The number of benzene rings is 2. The van der Waals surface area contributed by atoms with E-state index in [-0.39, 0.29) is 30.7 Å². The van der Waals surface area contributed by atoms with E-state index >= 15 is 0 Å². The largest absolute Gasteiger partial charge is 0.447 e. The second-order valence-corrected chi connectivity index (χ2v) is 8.66. The number of β-lactam (4-membered cyclic amide) rings is 1. The molecule has 0 N–H and O–H groups in total. The van der Waals surface area contributed by atoms with Gasteiger partial charge in [-0.1, -0.05) is 60.7 Å². The molecule has 0 saturated carbocycles. The topological polar surface area (TPSA) is 68.3 Å². The van der Waals surface area contributed by atoms with Gasteiger partial charge in [0.15, 0.2) is 5.79 Å². The van der Waals surface area contributed by atoms with E-state index in [0.717, 1.165) is 11.1 Å². The van der Waals surface area contributed by atoms with Gasteiger partial charge in [0.1, 0.15) is 18.8 Å². The second kappa shape index (κ2) is 7.66. The molecule has 7 heteroatoms. The first-order valence-electron chi connectivity index (χ1n) is 10.6. The quantitative estimate of drug-likeness (QED) is 0.693. The molecule has 3 heterocycles. The second-order valence-electron chi connectivity index (χ2n) is 8.66. The van der Waals surface area contributed by atoms with Gasteiger partial charge in [-0.25, -0.2) is 4.79 Å². The fourth-order valence-corrected chi connectivity index (χ4v) is 4.76. The van der Waals surface area contributed by atoms with Crippen molar-refractivity contribution in [3.05, 3.63) is 71.8 Å². The van der Waals surface area contributed by atoms with E-state index < -0.39 is 17.9 Å². The minimum Gasteiger partial charge on any atom is -0.447 e. The van der Waals surface area contributed by atoms with Gasteiger partial charge in [-0.15, -0.1) is 0 Å². The Labute approximate surface area is 181 Å². The van der Waals surface area contributed by atoms with Crippen LogP contribution in [-0.4, -0.2) is 59.0 Å². The average Bonchev–Trinajstić information content (AvgIpc) is 3.32. The molecule has 162 valence electrons. The zero-order valence-electron chi connectivity index (χ0n) is 17.6. The third kappa shape index (κ3) is 3.58. The SMILES string of the molecule is CC1(C)OC[C@H]([C@@H]2[C@H](N3C(=O)OC[C@@H]3c3ccccc3)C(=O)N2Cc2ccccc2)O1. The van der Waals surface area contributed by atoms with E-state index in [1.165, 1.54) is 0 Å². The van der Waals surface area contributed by atoms with Gasteiger partial charge in [-0.05, 0) is 25.0 Å². The lowest BCUT2D eigenvalue weighted by molar-refractivity contribution is -0.182. The van der Waals surface area contributed by atoms with E-state index in [0.29, 0.717) is 13.2 Å². The summed E-state index contributed by atoms with van der Waals surface area (Å²) in [5.41, 5.74) is 1.98. The maximum Gasteiger partial charge on any atom is 0.411 e. The molecule has 2 aromatic carbocycles. The zero-order chi connectivity index (χ0) is 21.6. The number of nitrogens with zero attached hydrogens (tertiary/aromatic N) is 2. The molecule has 0 unspecified atom stereocenters. The number of carbonyl (C=O) groups excluding carboxylic acids is 2. The lowest BCUT2D eigenvalue weighted by atomic mass is 9.87. The van der Waals surface area contributed by atoms with Crippen molar-refractivity contribution in [2.24, 2.45) is 0 Å². The third-order valence-electron chi connectivity index (χ3n) is 6.22. The first-order chi connectivity index (χ1) is 14.9. The van der Waals surface area contributed by atoms with Crippen LogP contribution in [0.5, 0.6) is 0 Å². The lowest BCUT2D eigenvalue weighted by Crippen LogP contribution is -2.74. The summed E-state index contributed by atoms with van der Waals surface area (Å²) < 4.78 is 17.3. The number of rotatable bonds is 5. The van der Waals surface area contributed by atoms with Crippen LogP contribution in [0.4, 0.5) is 4.79 Å². The van der Waals surface area contributed by atoms with Gasteiger partial charge in [0.05, 0.1) is 18.7 Å². The fraction of sp³-hybridized carbons (Fsp3) is 0.417. The van der Waals surface area contributed by atoms with Gasteiger partial charge in [0.25, 0.3) is 0 Å². The van der Waals surface area contributed by atoms with Gasteiger partial charge in [-0.3, -0.25) is 9.69 Å². The summed E-state index contributed by atoms with van der Waals surface area (Å²) in [6.45, 7) is 4.78. The number of carbonyl (C=O) groups is 2. The summed E-state index contributed by atoms with van der Waals surface area (Å²) in [6.07, 6.45) is -0.791. The molecule has 2 aromatic rings. The molecular weight excluding hydrogens is 396 g/mol. The van der Waals surface area contributed by atoms with Crippen LogP contribution in [0.2, 0.25) is 0 Å². The van der Waals surface area contributed by atoms with Crippen LogP contribution < -0.4 is 0 Å². The monoisotopic (exact) mass is 422 g/mol. The maximum atomic E-state index is 13.4. The molecule has 3 saturated heterocycles. The zero-order valence-corrected chi connectivity index (χ0v) is 17.6. The molecule has 4 atom stereocenters. The minimum atomic E-state index is -0.726. The van der Waals surface area contributed by atoms with E-state index in [9.17, 15) is 9.59 Å². The predicted octanol–water partition coefficient (Wildman–Crippen LogP) is 3.11. The van der Waals surface area contributed by atoms with Crippen LogP contribution in [0.3, 0.4) is 0 Å². The molecule has 0 radical (unpaired) electrons. The van der Waals surface area contributed by atoms with Crippen LogP contribution in [0.25, 0.3) is 0 Å². The lowest BCUT2D eigenvalue weighted by Gasteiger charge is -2.52. The molecule has 31 heavy (non-hydrogen) atoms. The number of hydrogen-bond acceptors (Lipinski definition) is 5. The Morgan fingerprint density at radius 2 is 1.65 bits per heavy atom. The molecule has 0 aliphatic carbocycles. The van der Waals surface area contributed by atoms with Crippen LogP contribution in [0.1, 0.15) is 31.0 Å². The molecular formula is C24H26N2O5. The first kappa shape index (κ1) is 20.0. The van der Waals surface area contributed by atoms with Gasteiger partial charge in [0, 0.05) is 6.54 Å². The molecule has 5 rings (SSSR count). The Kier molecular flexibility index (Phi) is 4.95. The summed E-state index contributed by atoms with van der Waals surface area (Å²) in [5.74, 6) is -0.821. The molecule has 0 aromatic heterocycles. The Morgan fingerprint density at radius 1 is 0.968 bits per heavy atom. The van der Waals surface area contributed by atoms with Crippen LogP contribution in [0, 0.1) is 0 Å². The highest BCUT2D eigenvalue weighted by Gasteiger charge is 2.60. The van der Waals surface area contributed by atoms with Gasteiger partial charge in [-0.2, -0.15) is 0 Å². The fourth-order valence-electron chi connectivity index (χ4n) is 4.76. The Hall–Kier alpha value is -2.90. The van der Waals surface area contributed by atoms with Crippen molar-refractivity contribution in [1.82, 2.24) is 9.80 Å². The standard InChI is InChI=1S/C24H26N2O5/c1-24(2)30-15-19(31-24)20-21(22(27)25(20)13-16-9-5-3-6-10-16)26-18(14-29-23(26)28)17-11-7-4-8-12-17/h3-12,18-21H,13-15H2,1-2H3/t18-,19-,20-,21+/m1/s1. The Balaban J connectivity index is 1.46. The van der Waals surface area contributed by atoms with Crippen molar-refractivity contribution >= 4 is 12.0 Å². The highest BCUT2D eigenvalue weighted by molar-refractivity contribution is 5.93. The van der Waals surface area contributed by atoms with Crippen LogP contribution in [-0.2, 0) is 25.5 Å². The number of amides is 2. The minimum absolute atomic E-state index is 0.0954. The van der Waals surface area contributed by atoms with E-state index in [1.807, 2.05) is 74.5 Å². The van der Waals surface area contributed by atoms with Gasteiger partial charge in [0.2, 0.25) is 5.91 Å². The summed E-state index contributed by atoms with van der Waals surface area (Å²) >= 11 is 0. The number of cyclic esters (lactones) is 1. The summed E-state index contributed by atoms with van der Waals surface area (Å²) in [5, 5.41) is 0. The molecule has 3 aliphatic rings. The summed E-state index contributed by atoms with van der Waals surface area (Å²) in [6, 6.07) is 18.3. The molecule has 0 spiro atoms. The van der Waals surface area contributed by atoms with E-state index in [1.54, 1.807) is 9.80 Å². The van der Waals surface area contributed by atoms with Crippen molar-refractivity contribution in [3.8, 4) is 0 Å². The van der Waals surface area contributed by atoms with Crippen molar-refractivity contribution in [2.45, 2.75) is 50.4 Å². The molecule has 0 bridgehead atoms. The summed E-state index contributed by atoms with van der Waals surface area (Å²) in [7, 11) is 0. The van der Waals surface area contributed by atoms with Crippen molar-refractivity contribution in [3.63, 3.8) is 0 Å². The number of hydrogen-bond donors (Lipinski definition) is 0. The molecule has 2 amide bonds. The molecule has 3 aliphatic heterocycles. The third-order valence-corrected chi connectivity index (χ3v) is 6.22. The van der Waals surface area contributed by atoms with Crippen molar-refractivity contribution in [2.75, 3.05) is 13.2 Å². The number of ether oxygens (including phenoxy) is 3. The highest BCUT2D eigenvalue weighted by atomic mass is 16.7. The maximum absolute atomic E-state index is 13.4. The van der Waals surface area contributed by atoms with Gasteiger partial charge >= 0.3 is 6.09 Å². The first-order valence-corrected chi connectivity index (χ1v) is 10.6. The molecule has 3 fully saturated rings. The Bertz CT molecular complexity index is 964. The normalized spacial score (nSPS) is 29.7. The smallest absolute Gasteiger partial charge is 0.411 e. The highest BCUT2D eigenvalue weighted by Crippen LogP contribution is 2.41. The average molecular weight is 422 g/mol. The Morgan fingerprint density at radius 3 is 2.29 bits per heavy atom. The van der Waals surface area contributed by atoms with E-state index in [4.69, 9.17) is 14.2 Å². The van der Waals surface area contributed by atoms with Gasteiger partial charge < -0.3 is 19.1 Å². The van der Waals surface area contributed by atoms with E-state index in [2.05, 4.69) is 0 Å². The van der Waals surface area contributed by atoms with Crippen molar-refractivity contribution in [1.29, 1.82) is 0 Å². The number of likely N-dealkylation sites (tertiary alicyclic amines) is 1. The predicted molar refractivity (Wildman–Crippen MR) is 112 cm³/mol. The molecule has 7 nitrogen and oxygen atoms in total.